The van der Waals surface area contributed by atoms with Crippen LogP contribution in [-0.4, -0.2) is 49.1 Å². The first kappa shape index (κ1) is 12.7. The van der Waals surface area contributed by atoms with Crippen LogP contribution in [0.4, 0.5) is 17.6 Å². The molecule has 0 aromatic heterocycles. The van der Waals surface area contributed by atoms with Crippen LogP contribution >= 0.6 is 0 Å². The lowest BCUT2D eigenvalue weighted by atomic mass is 10.2. The second-order valence-electron chi connectivity index (χ2n) is 4.00. The van der Waals surface area contributed by atoms with Gasteiger partial charge in [0.2, 0.25) is 0 Å². The summed E-state index contributed by atoms with van der Waals surface area (Å²) in [5, 5.41) is 0. The molecule has 1 aliphatic heterocycles. The number of likely N-dealkylation sites (tertiary alicyclic amines) is 1. The fourth-order valence-electron chi connectivity index (χ4n) is 1.54. The molecule has 0 N–H and O–H groups in total. The maximum atomic E-state index is 13.3. The molecule has 0 bridgehead atoms. The van der Waals surface area contributed by atoms with E-state index in [0.29, 0.717) is 0 Å². The van der Waals surface area contributed by atoms with Crippen molar-refractivity contribution in [3.63, 3.8) is 0 Å². The normalized spacial score (nSPS) is 26.8. The van der Waals surface area contributed by atoms with E-state index in [1.54, 1.807) is 13.8 Å². The van der Waals surface area contributed by atoms with Gasteiger partial charge in [-0.25, -0.2) is 17.6 Å². The van der Waals surface area contributed by atoms with Gasteiger partial charge in [-0.05, 0) is 13.8 Å². The highest BCUT2D eigenvalue weighted by Gasteiger charge is 2.49. The molecule has 1 saturated heterocycles. The quantitative estimate of drug-likeness (QED) is 0.683. The Labute approximate surface area is 86.2 Å². The highest BCUT2D eigenvalue weighted by molar-refractivity contribution is 4.92. The van der Waals surface area contributed by atoms with Crippen molar-refractivity contribution in [2.45, 2.75) is 38.3 Å². The molecule has 0 saturated carbocycles. The molecule has 1 rings (SSSR count). The van der Waals surface area contributed by atoms with E-state index in [1.165, 1.54) is 4.90 Å². The molecule has 1 unspecified atom stereocenters. The topological polar surface area (TPSA) is 12.5 Å². The summed E-state index contributed by atoms with van der Waals surface area (Å²) in [5.41, 5.74) is 0. The van der Waals surface area contributed by atoms with Crippen LogP contribution in [0, 0.1) is 0 Å². The summed E-state index contributed by atoms with van der Waals surface area (Å²) >= 11 is 0. The molecule has 1 heterocycles. The smallest absolute Gasteiger partial charge is 0.287 e. The molecule has 0 aromatic carbocycles. The zero-order chi connectivity index (χ0) is 11.6. The molecule has 6 heteroatoms. The fraction of sp³-hybridized carbons (Fsp3) is 1.00. The summed E-state index contributed by atoms with van der Waals surface area (Å²) in [6.07, 6.45) is -4.11. The van der Waals surface area contributed by atoms with Crippen LogP contribution < -0.4 is 0 Å². The Kier molecular flexibility index (Phi) is 3.94. The first-order valence-corrected chi connectivity index (χ1v) is 4.84. The van der Waals surface area contributed by atoms with E-state index in [1.807, 2.05) is 0 Å². The Morgan fingerprint density at radius 2 is 2.00 bits per heavy atom. The molecule has 90 valence electrons. The van der Waals surface area contributed by atoms with Crippen LogP contribution in [0.2, 0.25) is 0 Å². The number of ether oxygens (including phenoxy) is 1. The van der Waals surface area contributed by atoms with E-state index in [0.717, 1.165) is 0 Å². The van der Waals surface area contributed by atoms with Gasteiger partial charge in [0.15, 0.2) is 0 Å². The zero-order valence-corrected chi connectivity index (χ0v) is 8.72. The minimum Gasteiger partial charge on any atom is -0.365 e. The van der Waals surface area contributed by atoms with Crippen molar-refractivity contribution in [1.29, 1.82) is 0 Å². The summed E-state index contributed by atoms with van der Waals surface area (Å²) in [5.74, 6) is -3.03. The zero-order valence-electron chi connectivity index (χ0n) is 8.72. The minimum atomic E-state index is -3.03. The van der Waals surface area contributed by atoms with Crippen molar-refractivity contribution < 1.29 is 22.3 Å². The van der Waals surface area contributed by atoms with Gasteiger partial charge in [0.05, 0.1) is 6.54 Å². The summed E-state index contributed by atoms with van der Waals surface area (Å²) in [6, 6.07) is -0.0315. The lowest BCUT2D eigenvalue weighted by molar-refractivity contribution is -0.124. The van der Waals surface area contributed by atoms with Crippen LogP contribution in [0.15, 0.2) is 0 Å². The van der Waals surface area contributed by atoms with E-state index in [-0.39, 0.29) is 12.6 Å². The predicted molar refractivity (Wildman–Crippen MR) is 47.4 cm³/mol. The summed E-state index contributed by atoms with van der Waals surface area (Å²) in [6.45, 7) is 2.24. The fourth-order valence-corrected chi connectivity index (χ4v) is 1.54. The van der Waals surface area contributed by atoms with Gasteiger partial charge in [0.25, 0.3) is 12.3 Å². The van der Waals surface area contributed by atoms with Gasteiger partial charge in [-0.2, -0.15) is 0 Å². The molecule has 0 amide bonds. The molecule has 0 radical (unpaired) electrons. The SMILES string of the molecule is CC(C)N1CC(OCC(F)F)C(F)(F)C1. The summed E-state index contributed by atoms with van der Waals surface area (Å²) in [7, 11) is 0. The van der Waals surface area contributed by atoms with E-state index in [9.17, 15) is 17.6 Å². The number of alkyl halides is 4. The monoisotopic (exact) mass is 229 g/mol. The summed E-state index contributed by atoms with van der Waals surface area (Å²) in [4.78, 5) is 1.52. The number of hydrogen-bond acceptors (Lipinski definition) is 2. The van der Waals surface area contributed by atoms with Gasteiger partial charge in [0, 0.05) is 12.6 Å². The molecule has 0 aliphatic carbocycles. The second kappa shape index (κ2) is 4.65. The average molecular weight is 229 g/mol. The Balaban J connectivity index is 2.50. The number of halogens is 4. The minimum absolute atomic E-state index is 0.0113. The van der Waals surface area contributed by atoms with E-state index >= 15 is 0 Å². The van der Waals surface area contributed by atoms with E-state index in [2.05, 4.69) is 4.74 Å². The Morgan fingerprint density at radius 3 is 2.40 bits per heavy atom. The maximum Gasteiger partial charge on any atom is 0.287 e. The molecule has 15 heavy (non-hydrogen) atoms. The molecular weight excluding hydrogens is 214 g/mol. The average Bonchev–Trinajstić information content (AvgIpc) is 2.37. The molecular formula is C9H15F4NO. The molecule has 2 nitrogen and oxygen atoms in total. The number of hydrogen-bond donors (Lipinski definition) is 0. The Hall–Kier alpha value is -0.360. The van der Waals surface area contributed by atoms with Crippen molar-refractivity contribution in [1.82, 2.24) is 4.90 Å². The second-order valence-corrected chi connectivity index (χ2v) is 4.00. The van der Waals surface area contributed by atoms with Crippen LogP contribution in [0.5, 0.6) is 0 Å². The van der Waals surface area contributed by atoms with Crippen molar-refractivity contribution in [2.75, 3.05) is 19.7 Å². The lowest BCUT2D eigenvalue weighted by Crippen LogP contribution is -2.35. The van der Waals surface area contributed by atoms with Gasteiger partial charge in [0.1, 0.15) is 12.7 Å². The van der Waals surface area contributed by atoms with Gasteiger partial charge in [-0.1, -0.05) is 0 Å². The standard InChI is InChI=1S/C9H15F4NO/c1-6(2)14-3-7(9(12,13)5-14)15-4-8(10)11/h6-8H,3-5H2,1-2H3. The maximum absolute atomic E-state index is 13.3. The van der Waals surface area contributed by atoms with E-state index in [4.69, 9.17) is 0 Å². The third kappa shape index (κ3) is 3.31. The van der Waals surface area contributed by atoms with Gasteiger partial charge in [-0.3, -0.25) is 4.90 Å². The molecule has 0 spiro atoms. The first-order chi connectivity index (χ1) is 6.83. The number of nitrogens with zero attached hydrogens (tertiary/aromatic N) is 1. The Morgan fingerprint density at radius 1 is 1.40 bits per heavy atom. The van der Waals surface area contributed by atoms with Crippen molar-refractivity contribution in [3.05, 3.63) is 0 Å². The van der Waals surface area contributed by atoms with Crippen molar-refractivity contribution in [2.24, 2.45) is 0 Å². The highest BCUT2D eigenvalue weighted by Crippen LogP contribution is 2.31. The van der Waals surface area contributed by atoms with Crippen molar-refractivity contribution >= 4 is 0 Å². The van der Waals surface area contributed by atoms with Crippen LogP contribution in [-0.2, 0) is 4.74 Å². The van der Waals surface area contributed by atoms with Crippen LogP contribution in [0.1, 0.15) is 13.8 Å². The summed E-state index contributed by atoms with van der Waals surface area (Å²) < 4.78 is 54.7. The third-order valence-corrected chi connectivity index (χ3v) is 2.44. The van der Waals surface area contributed by atoms with Crippen LogP contribution in [0.3, 0.4) is 0 Å². The van der Waals surface area contributed by atoms with Gasteiger partial charge < -0.3 is 4.74 Å². The van der Waals surface area contributed by atoms with Crippen molar-refractivity contribution in [3.8, 4) is 0 Å². The lowest BCUT2D eigenvalue weighted by Gasteiger charge is -2.18. The third-order valence-electron chi connectivity index (χ3n) is 2.44. The largest absolute Gasteiger partial charge is 0.365 e. The number of rotatable bonds is 4. The molecule has 0 aromatic rings. The predicted octanol–water partition coefficient (Wildman–Crippen LogP) is 2.00. The Bertz CT molecular complexity index is 210. The molecule has 1 atom stereocenters. The molecule has 1 aliphatic rings. The van der Waals surface area contributed by atoms with Crippen LogP contribution in [0.25, 0.3) is 0 Å². The van der Waals surface area contributed by atoms with Gasteiger partial charge >= 0.3 is 0 Å². The first-order valence-electron chi connectivity index (χ1n) is 4.84. The van der Waals surface area contributed by atoms with Gasteiger partial charge in [-0.15, -0.1) is 0 Å². The molecule has 1 fully saturated rings. The highest BCUT2D eigenvalue weighted by atomic mass is 19.3. The van der Waals surface area contributed by atoms with E-state index < -0.39 is 31.6 Å².